The number of carbonyl (C=O) groups excluding carboxylic acids is 1. The fourth-order valence-electron chi connectivity index (χ4n) is 1.79. The average Bonchev–Trinajstić information content (AvgIpc) is 2.46. The van der Waals surface area contributed by atoms with Crippen LogP contribution in [-0.4, -0.2) is 12.6 Å². The highest BCUT2D eigenvalue weighted by molar-refractivity contribution is 9.10. The highest BCUT2D eigenvalue weighted by Crippen LogP contribution is 2.24. The summed E-state index contributed by atoms with van der Waals surface area (Å²) in [6.45, 7) is 2.47. The van der Waals surface area contributed by atoms with Crippen molar-refractivity contribution in [1.29, 1.82) is 0 Å². The van der Waals surface area contributed by atoms with Crippen LogP contribution < -0.4 is 10.5 Å². The Bertz CT molecular complexity index is 643. The van der Waals surface area contributed by atoms with Crippen LogP contribution in [0.5, 0.6) is 5.75 Å². The monoisotopic (exact) mass is 349 g/mol. The molecule has 0 atom stereocenters. The second kappa shape index (κ2) is 7.13. The highest BCUT2D eigenvalue weighted by atomic mass is 79.9. The van der Waals surface area contributed by atoms with Gasteiger partial charge in [0.05, 0.1) is 17.9 Å². The third kappa shape index (κ3) is 4.23. The van der Waals surface area contributed by atoms with Crippen molar-refractivity contribution in [2.24, 2.45) is 0 Å². The third-order valence-corrected chi connectivity index (χ3v) is 3.30. The highest BCUT2D eigenvalue weighted by Gasteiger charge is 2.10. The number of anilines is 1. The molecular weight excluding hydrogens is 334 g/mol. The van der Waals surface area contributed by atoms with Crippen molar-refractivity contribution >= 4 is 27.6 Å². The van der Waals surface area contributed by atoms with Gasteiger partial charge in [-0.05, 0) is 42.8 Å². The first-order chi connectivity index (χ1) is 10.1. The zero-order chi connectivity index (χ0) is 15.2. The molecule has 2 aromatic carbocycles. The zero-order valence-corrected chi connectivity index (χ0v) is 13.2. The number of rotatable bonds is 5. The van der Waals surface area contributed by atoms with Gasteiger partial charge in [0.15, 0.2) is 0 Å². The van der Waals surface area contributed by atoms with Gasteiger partial charge in [-0.1, -0.05) is 28.1 Å². The van der Waals surface area contributed by atoms with Crippen LogP contribution in [0, 0.1) is 0 Å². The van der Waals surface area contributed by atoms with Crippen molar-refractivity contribution in [3.05, 3.63) is 58.1 Å². The average molecular weight is 350 g/mol. The normalized spacial score (nSPS) is 10.2. The molecule has 0 fully saturated rings. The first kappa shape index (κ1) is 15.4. The fourth-order valence-corrected chi connectivity index (χ4v) is 2.24. The lowest BCUT2D eigenvalue weighted by molar-refractivity contribution is 0.0526. The van der Waals surface area contributed by atoms with Crippen molar-refractivity contribution in [2.45, 2.75) is 13.5 Å². The molecule has 0 saturated heterocycles. The summed E-state index contributed by atoms with van der Waals surface area (Å²) >= 11 is 3.41. The van der Waals surface area contributed by atoms with Crippen LogP contribution in [0.3, 0.4) is 0 Å². The zero-order valence-electron chi connectivity index (χ0n) is 11.6. The first-order valence-corrected chi connectivity index (χ1v) is 7.33. The third-order valence-electron chi connectivity index (χ3n) is 2.81. The van der Waals surface area contributed by atoms with Gasteiger partial charge < -0.3 is 15.2 Å². The minimum atomic E-state index is -0.384. The minimum absolute atomic E-state index is 0.331. The fraction of sp³-hybridized carbons (Fsp3) is 0.188. The molecule has 2 N–H and O–H groups in total. The Labute approximate surface area is 132 Å². The summed E-state index contributed by atoms with van der Waals surface area (Å²) in [6.07, 6.45) is 0. The van der Waals surface area contributed by atoms with Crippen molar-refractivity contribution in [3.63, 3.8) is 0 Å². The van der Waals surface area contributed by atoms with Crippen LogP contribution in [-0.2, 0) is 11.3 Å². The lowest BCUT2D eigenvalue weighted by Crippen LogP contribution is -2.06. The number of nitrogens with two attached hydrogens (primary N) is 1. The quantitative estimate of drug-likeness (QED) is 0.658. The Balaban J connectivity index is 2.12. The molecule has 0 radical (unpaired) electrons. The van der Waals surface area contributed by atoms with Gasteiger partial charge >= 0.3 is 5.97 Å². The molecule has 0 amide bonds. The van der Waals surface area contributed by atoms with Crippen molar-refractivity contribution in [1.82, 2.24) is 0 Å². The van der Waals surface area contributed by atoms with E-state index in [-0.39, 0.29) is 5.97 Å². The summed E-state index contributed by atoms with van der Waals surface area (Å²) in [6, 6.07) is 12.7. The summed E-state index contributed by atoms with van der Waals surface area (Å²) < 4.78 is 11.6. The van der Waals surface area contributed by atoms with Crippen LogP contribution in [0.4, 0.5) is 5.69 Å². The standard InChI is InChI=1S/C16H16BrNO3/c1-2-20-16(19)12-6-7-14(18)15(9-12)21-10-11-4-3-5-13(17)8-11/h3-9H,2,10,18H2,1H3. The molecule has 0 aliphatic heterocycles. The summed E-state index contributed by atoms with van der Waals surface area (Å²) in [5, 5.41) is 0. The SMILES string of the molecule is CCOC(=O)c1ccc(N)c(OCc2cccc(Br)c2)c1. The Kier molecular flexibility index (Phi) is 5.22. The molecule has 4 nitrogen and oxygen atoms in total. The van der Waals surface area contributed by atoms with E-state index in [2.05, 4.69) is 15.9 Å². The Hall–Kier alpha value is -2.01. The second-order valence-electron chi connectivity index (χ2n) is 4.39. The molecular formula is C16H16BrNO3. The second-order valence-corrected chi connectivity index (χ2v) is 5.31. The molecule has 0 bridgehead atoms. The van der Waals surface area contributed by atoms with Crippen molar-refractivity contribution in [3.8, 4) is 5.75 Å². The minimum Gasteiger partial charge on any atom is -0.487 e. The molecule has 110 valence electrons. The van der Waals surface area contributed by atoms with Gasteiger partial charge in [-0.3, -0.25) is 0 Å². The maximum Gasteiger partial charge on any atom is 0.338 e. The number of carbonyl (C=O) groups is 1. The summed E-state index contributed by atoms with van der Waals surface area (Å²) in [4.78, 5) is 11.7. The predicted molar refractivity (Wildman–Crippen MR) is 85.3 cm³/mol. The van der Waals surface area contributed by atoms with Gasteiger partial charge in [-0.2, -0.15) is 0 Å². The van der Waals surface area contributed by atoms with E-state index in [1.165, 1.54) is 0 Å². The Morgan fingerprint density at radius 3 is 2.76 bits per heavy atom. The number of esters is 1. The number of benzene rings is 2. The predicted octanol–water partition coefficient (Wildman–Crippen LogP) is 3.79. The van der Waals surface area contributed by atoms with Crippen LogP contribution in [0.2, 0.25) is 0 Å². The summed E-state index contributed by atoms with van der Waals surface area (Å²) in [7, 11) is 0. The molecule has 0 aliphatic carbocycles. The van der Waals surface area contributed by atoms with Crippen LogP contribution in [0.15, 0.2) is 46.9 Å². The smallest absolute Gasteiger partial charge is 0.338 e. The van der Waals surface area contributed by atoms with E-state index < -0.39 is 0 Å². The lowest BCUT2D eigenvalue weighted by Gasteiger charge is -2.11. The van der Waals surface area contributed by atoms with E-state index in [9.17, 15) is 4.79 Å². The molecule has 2 rings (SSSR count). The van der Waals surface area contributed by atoms with E-state index in [1.54, 1.807) is 25.1 Å². The van der Waals surface area contributed by atoms with Gasteiger partial charge in [0.2, 0.25) is 0 Å². The molecule has 21 heavy (non-hydrogen) atoms. The van der Waals surface area contributed by atoms with Crippen LogP contribution >= 0.6 is 15.9 Å². The number of halogens is 1. The first-order valence-electron chi connectivity index (χ1n) is 6.54. The molecule has 0 saturated carbocycles. The van der Waals surface area contributed by atoms with E-state index in [0.29, 0.717) is 30.2 Å². The number of nitrogen functional groups attached to an aromatic ring is 1. The van der Waals surface area contributed by atoms with Gasteiger partial charge in [-0.15, -0.1) is 0 Å². The van der Waals surface area contributed by atoms with E-state index >= 15 is 0 Å². The molecule has 5 heteroatoms. The summed E-state index contributed by atoms with van der Waals surface area (Å²) in [5.74, 6) is 0.0883. The molecule has 0 heterocycles. The molecule has 0 aromatic heterocycles. The number of ether oxygens (including phenoxy) is 2. The Morgan fingerprint density at radius 1 is 1.24 bits per heavy atom. The van der Waals surface area contributed by atoms with Crippen LogP contribution in [0.1, 0.15) is 22.8 Å². The molecule has 2 aromatic rings. The molecule has 0 spiro atoms. The van der Waals surface area contributed by atoms with Gasteiger partial charge in [0.25, 0.3) is 0 Å². The topological polar surface area (TPSA) is 61.5 Å². The lowest BCUT2D eigenvalue weighted by atomic mass is 10.2. The van der Waals surface area contributed by atoms with Crippen LogP contribution in [0.25, 0.3) is 0 Å². The van der Waals surface area contributed by atoms with Gasteiger partial charge in [-0.25, -0.2) is 4.79 Å². The van der Waals surface area contributed by atoms with Crippen molar-refractivity contribution in [2.75, 3.05) is 12.3 Å². The number of hydrogen-bond acceptors (Lipinski definition) is 4. The summed E-state index contributed by atoms with van der Waals surface area (Å²) in [5.41, 5.74) is 7.79. The molecule has 0 unspecified atom stereocenters. The van der Waals surface area contributed by atoms with Crippen molar-refractivity contribution < 1.29 is 14.3 Å². The maximum absolute atomic E-state index is 11.7. The van der Waals surface area contributed by atoms with E-state index in [1.807, 2.05) is 24.3 Å². The molecule has 0 aliphatic rings. The largest absolute Gasteiger partial charge is 0.487 e. The van der Waals surface area contributed by atoms with E-state index in [4.69, 9.17) is 15.2 Å². The maximum atomic E-state index is 11.7. The van der Waals surface area contributed by atoms with Gasteiger partial charge in [0, 0.05) is 4.47 Å². The van der Waals surface area contributed by atoms with E-state index in [0.717, 1.165) is 10.0 Å². The van der Waals surface area contributed by atoms with Gasteiger partial charge in [0.1, 0.15) is 12.4 Å². The Morgan fingerprint density at radius 2 is 2.05 bits per heavy atom. The number of hydrogen-bond donors (Lipinski definition) is 1.